The highest BCUT2D eigenvalue weighted by Crippen LogP contribution is 2.34. The van der Waals surface area contributed by atoms with Crippen LogP contribution in [0.5, 0.6) is 0 Å². The summed E-state index contributed by atoms with van der Waals surface area (Å²) in [5, 5.41) is 0. The van der Waals surface area contributed by atoms with Gasteiger partial charge in [-0.15, -0.1) is 0 Å². The molecule has 0 unspecified atom stereocenters. The lowest BCUT2D eigenvalue weighted by Gasteiger charge is -2.20. The average molecular weight is 329 g/mol. The highest BCUT2D eigenvalue weighted by Gasteiger charge is 2.27. The molecule has 0 spiro atoms. The summed E-state index contributed by atoms with van der Waals surface area (Å²) >= 11 is 0. The Kier molecular flexibility index (Phi) is 3.98. The smallest absolute Gasteiger partial charge is 0.250 e. The van der Waals surface area contributed by atoms with Gasteiger partial charge in [0.15, 0.2) is 0 Å². The summed E-state index contributed by atoms with van der Waals surface area (Å²) in [6, 6.07) is 20.0. The van der Waals surface area contributed by atoms with Gasteiger partial charge in [-0.25, -0.2) is 0 Å². The first kappa shape index (κ1) is 15.5. The second-order valence-corrected chi connectivity index (χ2v) is 6.26. The van der Waals surface area contributed by atoms with Crippen LogP contribution in [0.1, 0.15) is 17.5 Å². The van der Waals surface area contributed by atoms with Crippen molar-refractivity contribution >= 4 is 17.4 Å². The molecule has 0 saturated carbocycles. The van der Waals surface area contributed by atoms with E-state index >= 15 is 0 Å². The molecule has 2 heterocycles. The number of carbonyl (C=O) groups excluding carboxylic acids is 1. The number of benzene rings is 2. The summed E-state index contributed by atoms with van der Waals surface area (Å²) in [6.45, 7) is 0.765. The van der Waals surface area contributed by atoms with Gasteiger partial charge in [-0.1, -0.05) is 60.7 Å². The van der Waals surface area contributed by atoms with Gasteiger partial charge in [0.1, 0.15) is 11.5 Å². The van der Waals surface area contributed by atoms with Crippen LogP contribution in [0.2, 0.25) is 0 Å². The number of likely N-dealkylation sites (tertiary alicyclic amines) is 1. The third kappa shape index (κ3) is 3.01. The van der Waals surface area contributed by atoms with Crippen molar-refractivity contribution in [1.29, 1.82) is 0 Å². The number of nitrogens with zero attached hydrogens (tertiary/aromatic N) is 1. The molecule has 1 fully saturated rings. The van der Waals surface area contributed by atoms with Crippen LogP contribution in [0.15, 0.2) is 84.0 Å². The van der Waals surface area contributed by atoms with E-state index in [1.807, 2.05) is 79.9 Å². The number of hydrogen-bond donors (Lipinski definition) is 0. The maximum absolute atomic E-state index is 12.5. The first-order chi connectivity index (χ1) is 12.2. The van der Waals surface area contributed by atoms with Crippen LogP contribution >= 0.6 is 0 Å². The number of ether oxygens (including phenoxy) is 1. The Balaban J connectivity index is 1.83. The SMILES string of the molecule is CN1CCC(=C2C=C(c3ccccc3)OC(c3ccccc3)=C2)C1=O. The third-order valence-electron chi connectivity index (χ3n) is 4.56. The van der Waals surface area contributed by atoms with Gasteiger partial charge in [-0.2, -0.15) is 0 Å². The molecule has 0 N–H and O–H groups in total. The second kappa shape index (κ2) is 6.44. The molecule has 3 nitrogen and oxygen atoms in total. The second-order valence-electron chi connectivity index (χ2n) is 6.26. The van der Waals surface area contributed by atoms with Gasteiger partial charge in [0.05, 0.1) is 0 Å². The van der Waals surface area contributed by atoms with Crippen molar-refractivity contribution in [3.05, 3.63) is 95.1 Å². The molecule has 2 aromatic rings. The monoisotopic (exact) mass is 329 g/mol. The molecule has 0 aromatic heterocycles. The average Bonchev–Trinajstić information content (AvgIpc) is 3.02. The molecule has 0 atom stereocenters. The van der Waals surface area contributed by atoms with E-state index in [0.29, 0.717) is 0 Å². The minimum absolute atomic E-state index is 0.101. The molecule has 2 aromatic carbocycles. The van der Waals surface area contributed by atoms with Crippen molar-refractivity contribution < 1.29 is 9.53 Å². The molecule has 4 rings (SSSR count). The molecule has 0 aliphatic carbocycles. The first-order valence-corrected chi connectivity index (χ1v) is 8.43. The molecular weight excluding hydrogens is 310 g/mol. The maximum Gasteiger partial charge on any atom is 0.250 e. The minimum Gasteiger partial charge on any atom is -0.456 e. The van der Waals surface area contributed by atoms with Crippen molar-refractivity contribution in [3.63, 3.8) is 0 Å². The zero-order valence-corrected chi connectivity index (χ0v) is 14.1. The van der Waals surface area contributed by atoms with Crippen molar-refractivity contribution in [2.24, 2.45) is 0 Å². The highest BCUT2D eigenvalue weighted by atomic mass is 16.5. The summed E-state index contributed by atoms with van der Waals surface area (Å²) in [7, 11) is 1.85. The van der Waals surface area contributed by atoms with Gasteiger partial charge in [-0.3, -0.25) is 4.79 Å². The zero-order valence-electron chi connectivity index (χ0n) is 14.1. The lowest BCUT2D eigenvalue weighted by atomic mass is 9.99. The van der Waals surface area contributed by atoms with E-state index in [1.165, 1.54) is 0 Å². The predicted octanol–water partition coefficient (Wildman–Crippen LogP) is 4.26. The molecule has 0 bridgehead atoms. The normalized spacial score (nSPS) is 17.3. The highest BCUT2D eigenvalue weighted by molar-refractivity contribution is 5.98. The molecule has 1 saturated heterocycles. The van der Waals surface area contributed by atoms with E-state index in [2.05, 4.69) is 0 Å². The molecule has 124 valence electrons. The van der Waals surface area contributed by atoms with Gasteiger partial charge >= 0.3 is 0 Å². The molecular formula is C22H19NO2. The quantitative estimate of drug-likeness (QED) is 0.771. The Morgan fingerprint density at radius 2 is 1.36 bits per heavy atom. The van der Waals surface area contributed by atoms with E-state index in [9.17, 15) is 4.79 Å². The Morgan fingerprint density at radius 3 is 1.80 bits per heavy atom. The van der Waals surface area contributed by atoms with Crippen molar-refractivity contribution in [2.75, 3.05) is 13.6 Å². The summed E-state index contributed by atoms with van der Waals surface area (Å²) in [5.41, 5.74) is 3.80. The standard InChI is InChI=1S/C22H19NO2/c1-23-13-12-19(22(23)24)18-14-20(16-8-4-2-5-9-16)25-21(15-18)17-10-6-3-7-11-17/h2-11,14-15H,12-13H2,1H3. The van der Waals surface area contributed by atoms with Crippen LogP contribution in [0.3, 0.4) is 0 Å². The molecule has 25 heavy (non-hydrogen) atoms. The van der Waals surface area contributed by atoms with Crippen LogP contribution in [0, 0.1) is 0 Å². The minimum atomic E-state index is 0.101. The van der Waals surface area contributed by atoms with Crippen molar-refractivity contribution in [2.45, 2.75) is 6.42 Å². The van der Waals surface area contributed by atoms with Crippen molar-refractivity contribution in [1.82, 2.24) is 4.90 Å². The number of carbonyl (C=O) groups is 1. The van der Waals surface area contributed by atoms with Gasteiger partial charge in [0.25, 0.3) is 0 Å². The first-order valence-electron chi connectivity index (χ1n) is 8.43. The van der Waals surface area contributed by atoms with Gasteiger partial charge in [-0.05, 0) is 24.1 Å². The van der Waals surface area contributed by atoms with Crippen LogP contribution in [-0.4, -0.2) is 24.4 Å². The zero-order chi connectivity index (χ0) is 17.2. The number of hydrogen-bond acceptors (Lipinski definition) is 2. The Bertz CT molecular complexity index is 835. The van der Waals surface area contributed by atoms with Crippen LogP contribution in [0.25, 0.3) is 11.5 Å². The maximum atomic E-state index is 12.5. The lowest BCUT2D eigenvalue weighted by molar-refractivity contribution is -0.123. The number of rotatable bonds is 2. The fraction of sp³-hybridized carbons (Fsp3) is 0.136. The van der Waals surface area contributed by atoms with Gasteiger partial charge in [0, 0.05) is 30.3 Å². The number of amides is 1. The number of likely N-dealkylation sites (N-methyl/N-ethyl adjacent to an activating group) is 1. The predicted molar refractivity (Wildman–Crippen MR) is 99.2 cm³/mol. The van der Waals surface area contributed by atoms with E-state index in [0.717, 1.165) is 46.8 Å². The van der Waals surface area contributed by atoms with Crippen molar-refractivity contribution in [3.8, 4) is 0 Å². The Labute approximate surface area is 147 Å². The molecule has 1 amide bonds. The summed E-state index contributed by atoms with van der Waals surface area (Å²) < 4.78 is 6.17. The molecule has 2 aliphatic heterocycles. The summed E-state index contributed by atoms with van der Waals surface area (Å²) in [6.07, 6.45) is 4.73. The van der Waals surface area contributed by atoms with Crippen LogP contribution < -0.4 is 0 Å². The van der Waals surface area contributed by atoms with Gasteiger partial charge < -0.3 is 9.64 Å². The fourth-order valence-corrected chi connectivity index (χ4v) is 3.15. The van der Waals surface area contributed by atoms with Gasteiger partial charge in [0.2, 0.25) is 5.91 Å². The van der Waals surface area contributed by atoms with Crippen LogP contribution in [0.4, 0.5) is 0 Å². The molecule has 2 aliphatic rings. The van der Waals surface area contributed by atoms with Crippen LogP contribution in [-0.2, 0) is 9.53 Å². The van der Waals surface area contributed by atoms with E-state index in [4.69, 9.17) is 4.74 Å². The largest absolute Gasteiger partial charge is 0.456 e. The summed E-state index contributed by atoms with van der Waals surface area (Å²) in [4.78, 5) is 14.2. The topological polar surface area (TPSA) is 29.5 Å². The Morgan fingerprint density at radius 1 is 0.840 bits per heavy atom. The Hall–Kier alpha value is -3.07. The molecule has 0 radical (unpaired) electrons. The third-order valence-corrected chi connectivity index (χ3v) is 4.56. The molecule has 3 heteroatoms. The lowest BCUT2D eigenvalue weighted by Crippen LogP contribution is -2.19. The number of allylic oxidation sites excluding steroid dienone is 3. The fourth-order valence-electron chi connectivity index (χ4n) is 3.15. The van der Waals surface area contributed by atoms with E-state index in [-0.39, 0.29) is 5.91 Å². The van der Waals surface area contributed by atoms with E-state index in [1.54, 1.807) is 4.90 Å². The summed E-state index contributed by atoms with van der Waals surface area (Å²) in [5.74, 6) is 1.64. The van der Waals surface area contributed by atoms with E-state index < -0.39 is 0 Å².